The highest BCUT2D eigenvalue weighted by Gasteiger charge is 2.11. The largest absolute Gasteiger partial charge is 0.333 e. The van der Waals surface area contributed by atoms with E-state index in [-0.39, 0.29) is 0 Å². The molecule has 0 fully saturated rings. The highest BCUT2D eigenvalue weighted by molar-refractivity contribution is 7.18. The molecule has 2 heterocycles. The molecule has 0 aliphatic rings. The van der Waals surface area contributed by atoms with Gasteiger partial charge in [0.05, 0.1) is 0 Å². The maximum absolute atomic E-state index is 4.57. The maximum Gasteiger partial charge on any atom is 0.120 e. The van der Waals surface area contributed by atoms with Crippen molar-refractivity contribution >= 4 is 21.7 Å². The Morgan fingerprint density at radius 1 is 1.21 bits per heavy atom. The van der Waals surface area contributed by atoms with Crippen LogP contribution in [0.1, 0.15) is 50.2 Å². The number of aromatic nitrogens is 2. The molecule has 14 heavy (non-hydrogen) atoms. The first kappa shape index (κ1) is 9.71. The molecule has 0 amide bonds. The lowest BCUT2D eigenvalue weighted by Gasteiger charge is -1.99. The van der Waals surface area contributed by atoms with Crippen molar-refractivity contribution in [3.8, 4) is 0 Å². The fourth-order valence-corrected chi connectivity index (χ4v) is 2.41. The molecule has 1 N–H and O–H groups in total. The molecule has 0 radical (unpaired) electrons. The number of rotatable bonds is 2. The molecule has 0 saturated heterocycles. The second kappa shape index (κ2) is 3.39. The Kier molecular flexibility index (Phi) is 2.35. The molecule has 0 aromatic carbocycles. The monoisotopic (exact) mass is 208 g/mol. The third-order valence-corrected chi connectivity index (χ3v) is 3.67. The van der Waals surface area contributed by atoms with Crippen molar-refractivity contribution in [3.63, 3.8) is 0 Å². The molecule has 0 aliphatic heterocycles. The molecule has 0 atom stereocenters. The smallest absolute Gasteiger partial charge is 0.120 e. The van der Waals surface area contributed by atoms with Crippen LogP contribution < -0.4 is 0 Å². The van der Waals surface area contributed by atoms with Crippen LogP contribution in [0.5, 0.6) is 0 Å². The molecule has 2 aromatic rings. The lowest BCUT2D eigenvalue weighted by atomic mass is 10.2. The van der Waals surface area contributed by atoms with Gasteiger partial charge in [-0.05, 0) is 12.0 Å². The molecule has 0 unspecified atom stereocenters. The summed E-state index contributed by atoms with van der Waals surface area (Å²) in [4.78, 5) is 10.6. The molecule has 2 rings (SSSR count). The Hall–Kier alpha value is -0.830. The molecule has 0 aliphatic carbocycles. The van der Waals surface area contributed by atoms with E-state index < -0.39 is 0 Å². The van der Waals surface area contributed by atoms with Crippen molar-refractivity contribution in [1.29, 1.82) is 0 Å². The number of hydrogen-bond acceptors (Lipinski definition) is 2. The quantitative estimate of drug-likeness (QED) is 0.797. The van der Waals surface area contributed by atoms with Crippen LogP contribution >= 0.6 is 11.3 Å². The summed E-state index contributed by atoms with van der Waals surface area (Å²) in [5, 5.41) is 0. The summed E-state index contributed by atoms with van der Waals surface area (Å²) in [6.07, 6.45) is 0. The van der Waals surface area contributed by atoms with Gasteiger partial charge in [-0.2, -0.15) is 0 Å². The third-order valence-electron chi connectivity index (χ3n) is 2.33. The summed E-state index contributed by atoms with van der Waals surface area (Å²) in [6, 6.07) is 2.20. The average molecular weight is 208 g/mol. The molecular weight excluding hydrogens is 192 g/mol. The van der Waals surface area contributed by atoms with Gasteiger partial charge in [-0.25, -0.2) is 4.98 Å². The third kappa shape index (κ3) is 1.57. The predicted octanol–water partition coefficient (Wildman–Crippen LogP) is 3.87. The fourth-order valence-electron chi connectivity index (χ4n) is 1.40. The minimum atomic E-state index is 0.483. The fraction of sp³-hybridized carbons (Fsp3) is 0.545. The summed E-state index contributed by atoms with van der Waals surface area (Å²) in [7, 11) is 0. The number of fused-ring (bicyclic) bond motifs is 1. The van der Waals surface area contributed by atoms with Crippen LogP contribution in [0.25, 0.3) is 10.3 Å². The topological polar surface area (TPSA) is 28.7 Å². The Bertz CT molecular complexity index is 368. The van der Waals surface area contributed by atoms with E-state index in [9.17, 15) is 0 Å². The molecular formula is C11H16N2S. The van der Waals surface area contributed by atoms with Gasteiger partial charge in [-0.1, -0.05) is 27.7 Å². The molecule has 3 heteroatoms. The van der Waals surface area contributed by atoms with Crippen molar-refractivity contribution in [1.82, 2.24) is 9.97 Å². The van der Waals surface area contributed by atoms with E-state index in [4.69, 9.17) is 0 Å². The lowest BCUT2D eigenvalue weighted by Crippen LogP contribution is -1.89. The normalized spacial score (nSPS) is 12.1. The maximum atomic E-state index is 4.57. The van der Waals surface area contributed by atoms with Crippen LogP contribution in [0.2, 0.25) is 0 Å². The number of H-pyrrole nitrogens is 1. The summed E-state index contributed by atoms with van der Waals surface area (Å²) >= 11 is 1.83. The van der Waals surface area contributed by atoms with Crippen LogP contribution in [0.15, 0.2) is 6.07 Å². The zero-order chi connectivity index (χ0) is 10.3. The zero-order valence-electron chi connectivity index (χ0n) is 9.09. The standard InChI is InChI=1S/C11H16N2S/c1-6(2)9-5-8-11(14-9)13-10(12-8)7(3)4/h5-7H,1-4H3,(H,12,13). The van der Waals surface area contributed by atoms with Gasteiger partial charge in [0.1, 0.15) is 16.2 Å². The van der Waals surface area contributed by atoms with Crippen LogP contribution in [0.3, 0.4) is 0 Å². The van der Waals surface area contributed by atoms with Gasteiger partial charge in [0.15, 0.2) is 0 Å². The van der Waals surface area contributed by atoms with E-state index in [0.29, 0.717) is 11.8 Å². The van der Waals surface area contributed by atoms with E-state index in [1.54, 1.807) is 0 Å². The molecule has 2 aromatic heterocycles. The average Bonchev–Trinajstić information content (AvgIpc) is 2.57. The van der Waals surface area contributed by atoms with Crippen molar-refractivity contribution in [2.24, 2.45) is 0 Å². The van der Waals surface area contributed by atoms with Crippen LogP contribution in [-0.4, -0.2) is 9.97 Å². The van der Waals surface area contributed by atoms with Gasteiger partial charge in [0, 0.05) is 10.8 Å². The SMILES string of the molecule is CC(C)c1nc2cc(C(C)C)sc2[nH]1. The number of nitrogens with one attached hydrogen (secondary N) is 1. The second-order valence-electron chi connectivity index (χ2n) is 4.29. The summed E-state index contributed by atoms with van der Waals surface area (Å²) in [6.45, 7) is 8.75. The van der Waals surface area contributed by atoms with E-state index in [1.807, 2.05) is 11.3 Å². The Morgan fingerprint density at radius 2 is 1.93 bits per heavy atom. The number of thiophene rings is 1. The van der Waals surface area contributed by atoms with Crippen molar-refractivity contribution in [2.75, 3.05) is 0 Å². The van der Waals surface area contributed by atoms with E-state index in [0.717, 1.165) is 11.3 Å². The molecule has 0 spiro atoms. The first-order valence-corrected chi connectivity index (χ1v) is 5.89. The van der Waals surface area contributed by atoms with Gasteiger partial charge in [0.2, 0.25) is 0 Å². The van der Waals surface area contributed by atoms with Crippen molar-refractivity contribution in [3.05, 3.63) is 16.8 Å². The first-order chi connectivity index (χ1) is 6.58. The second-order valence-corrected chi connectivity index (χ2v) is 5.38. The van der Waals surface area contributed by atoms with E-state index >= 15 is 0 Å². The van der Waals surface area contributed by atoms with E-state index in [1.165, 1.54) is 9.71 Å². The number of aromatic amines is 1. The Labute approximate surface area is 88.4 Å². The predicted molar refractivity (Wildman–Crippen MR) is 62.1 cm³/mol. The molecule has 2 nitrogen and oxygen atoms in total. The Morgan fingerprint density at radius 3 is 2.43 bits per heavy atom. The van der Waals surface area contributed by atoms with Crippen molar-refractivity contribution in [2.45, 2.75) is 39.5 Å². The van der Waals surface area contributed by atoms with Gasteiger partial charge in [-0.15, -0.1) is 11.3 Å². The highest BCUT2D eigenvalue weighted by Crippen LogP contribution is 2.30. The molecule has 76 valence electrons. The molecule has 0 saturated carbocycles. The Balaban J connectivity index is 2.45. The summed E-state index contributed by atoms with van der Waals surface area (Å²) in [5.41, 5.74) is 1.13. The van der Waals surface area contributed by atoms with Crippen LogP contribution in [0, 0.1) is 0 Å². The van der Waals surface area contributed by atoms with Crippen LogP contribution in [0.4, 0.5) is 0 Å². The summed E-state index contributed by atoms with van der Waals surface area (Å²) < 4.78 is 0. The van der Waals surface area contributed by atoms with Crippen LogP contribution in [-0.2, 0) is 0 Å². The number of imidazole rings is 1. The number of hydrogen-bond donors (Lipinski definition) is 1. The highest BCUT2D eigenvalue weighted by atomic mass is 32.1. The first-order valence-electron chi connectivity index (χ1n) is 5.07. The lowest BCUT2D eigenvalue weighted by molar-refractivity contribution is 0.799. The van der Waals surface area contributed by atoms with Gasteiger partial charge >= 0.3 is 0 Å². The van der Waals surface area contributed by atoms with Gasteiger partial charge < -0.3 is 4.98 Å². The minimum absolute atomic E-state index is 0.483. The van der Waals surface area contributed by atoms with Gasteiger partial charge in [-0.3, -0.25) is 0 Å². The summed E-state index contributed by atoms with van der Waals surface area (Å²) in [5.74, 6) is 2.18. The van der Waals surface area contributed by atoms with Gasteiger partial charge in [0.25, 0.3) is 0 Å². The van der Waals surface area contributed by atoms with Crippen molar-refractivity contribution < 1.29 is 0 Å². The zero-order valence-corrected chi connectivity index (χ0v) is 9.90. The minimum Gasteiger partial charge on any atom is -0.333 e. The number of nitrogens with zero attached hydrogens (tertiary/aromatic N) is 1. The molecule has 0 bridgehead atoms. The van der Waals surface area contributed by atoms with E-state index in [2.05, 4.69) is 43.7 Å².